The third-order valence-corrected chi connectivity index (χ3v) is 5.07. The summed E-state index contributed by atoms with van der Waals surface area (Å²) >= 11 is 0. The van der Waals surface area contributed by atoms with Crippen molar-refractivity contribution in [3.8, 4) is 0 Å². The molecule has 2 fully saturated rings. The lowest BCUT2D eigenvalue weighted by atomic mass is 9.89. The van der Waals surface area contributed by atoms with E-state index >= 15 is 0 Å². The maximum Gasteiger partial charge on any atom is 0.259 e. The molecule has 1 unspecified atom stereocenters. The predicted molar refractivity (Wildman–Crippen MR) is 91.4 cm³/mol. The second-order valence-corrected chi connectivity index (χ2v) is 6.78. The molecule has 25 heavy (non-hydrogen) atoms. The second-order valence-electron chi connectivity index (χ2n) is 6.78. The fourth-order valence-corrected chi connectivity index (χ4v) is 3.80. The Balaban J connectivity index is 1.93. The molecule has 1 aromatic rings. The van der Waals surface area contributed by atoms with Crippen molar-refractivity contribution >= 4 is 11.8 Å². The predicted octanol–water partition coefficient (Wildman–Crippen LogP) is 2.85. The number of halogens is 1. The van der Waals surface area contributed by atoms with Crippen molar-refractivity contribution in [3.63, 3.8) is 0 Å². The van der Waals surface area contributed by atoms with E-state index in [1.54, 1.807) is 12.1 Å². The molecule has 0 radical (unpaired) electrons. The Bertz CT molecular complexity index is 643. The van der Waals surface area contributed by atoms with Crippen LogP contribution in [0, 0.1) is 5.82 Å². The van der Waals surface area contributed by atoms with E-state index in [1.165, 1.54) is 17.0 Å². The number of ether oxygens (including phenoxy) is 1. The van der Waals surface area contributed by atoms with Gasteiger partial charge in [0.05, 0.1) is 12.2 Å². The van der Waals surface area contributed by atoms with Crippen LogP contribution in [0.4, 0.5) is 4.39 Å². The first-order chi connectivity index (χ1) is 12.1. The average Bonchev–Trinajstić information content (AvgIpc) is 2.98. The number of carbonyl (C=O) groups excluding carboxylic acids is 2. The van der Waals surface area contributed by atoms with Crippen molar-refractivity contribution in [1.82, 2.24) is 10.2 Å². The molecule has 2 amide bonds. The lowest BCUT2D eigenvalue weighted by Crippen LogP contribution is -2.56. The lowest BCUT2D eigenvalue weighted by molar-refractivity contribution is -0.127. The Morgan fingerprint density at radius 1 is 1.28 bits per heavy atom. The van der Waals surface area contributed by atoms with E-state index in [9.17, 15) is 14.0 Å². The van der Waals surface area contributed by atoms with Gasteiger partial charge in [-0.2, -0.15) is 0 Å². The van der Waals surface area contributed by atoms with Gasteiger partial charge in [0, 0.05) is 6.54 Å². The van der Waals surface area contributed by atoms with Crippen LogP contribution in [0.25, 0.3) is 0 Å². The first-order valence-electron chi connectivity index (χ1n) is 9.09. The first-order valence-corrected chi connectivity index (χ1v) is 9.09. The number of hydrogen-bond donors (Lipinski definition) is 1. The number of nitrogens with one attached hydrogen (secondary N) is 1. The zero-order valence-electron chi connectivity index (χ0n) is 14.6. The van der Waals surface area contributed by atoms with Gasteiger partial charge in [0.25, 0.3) is 5.91 Å². The smallest absolute Gasteiger partial charge is 0.259 e. The molecule has 1 aliphatic heterocycles. The molecule has 1 aliphatic carbocycles. The van der Waals surface area contributed by atoms with Crippen molar-refractivity contribution < 1.29 is 18.7 Å². The summed E-state index contributed by atoms with van der Waals surface area (Å²) in [4.78, 5) is 27.2. The van der Waals surface area contributed by atoms with E-state index in [4.69, 9.17) is 4.74 Å². The number of nitrogens with zero attached hydrogens (tertiary/aromatic N) is 1. The third-order valence-electron chi connectivity index (χ3n) is 5.07. The van der Waals surface area contributed by atoms with Gasteiger partial charge in [0.2, 0.25) is 5.91 Å². The van der Waals surface area contributed by atoms with Crippen LogP contribution in [0.15, 0.2) is 24.3 Å². The Hall–Kier alpha value is -1.95. The maximum absolute atomic E-state index is 14.2. The Morgan fingerprint density at radius 3 is 2.68 bits per heavy atom. The summed E-state index contributed by atoms with van der Waals surface area (Å²) in [5.74, 6) is -1.26. The molecule has 1 saturated heterocycles. The van der Waals surface area contributed by atoms with Gasteiger partial charge in [-0.25, -0.2) is 4.39 Å². The van der Waals surface area contributed by atoms with E-state index in [2.05, 4.69) is 5.32 Å². The van der Waals surface area contributed by atoms with E-state index in [0.717, 1.165) is 25.7 Å². The highest BCUT2D eigenvalue weighted by atomic mass is 19.1. The van der Waals surface area contributed by atoms with Crippen LogP contribution in [0.5, 0.6) is 0 Å². The van der Waals surface area contributed by atoms with Crippen LogP contribution < -0.4 is 5.32 Å². The topological polar surface area (TPSA) is 58.6 Å². The average molecular weight is 348 g/mol. The molecule has 1 atom stereocenters. The van der Waals surface area contributed by atoms with Gasteiger partial charge in [-0.05, 0) is 44.2 Å². The van der Waals surface area contributed by atoms with E-state index in [1.807, 2.05) is 6.92 Å². The summed E-state index contributed by atoms with van der Waals surface area (Å²) in [6.45, 7) is 2.68. The molecule has 1 aromatic carbocycles. The zero-order chi connectivity index (χ0) is 17.9. The van der Waals surface area contributed by atoms with Crippen molar-refractivity contribution in [3.05, 3.63) is 35.6 Å². The standard InChI is InChI=1S/C19H25FN2O3/c1-2-12-21-17(23)16-13-25-19(10-6-3-7-11-19)22(16)18(24)14-8-4-5-9-15(14)20/h4-5,8-9,16H,2-3,6-7,10-13H2,1H3,(H,21,23). The summed E-state index contributed by atoms with van der Waals surface area (Å²) in [7, 11) is 0. The molecule has 5 nitrogen and oxygen atoms in total. The normalized spacial score (nSPS) is 22.2. The number of carbonyl (C=O) groups is 2. The van der Waals surface area contributed by atoms with Crippen LogP contribution in [-0.4, -0.2) is 41.6 Å². The molecule has 136 valence electrons. The van der Waals surface area contributed by atoms with E-state index in [0.29, 0.717) is 19.4 Å². The minimum absolute atomic E-state index is 0.00811. The fraction of sp³-hybridized carbons (Fsp3) is 0.579. The Morgan fingerprint density at radius 2 is 2.00 bits per heavy atom. The molecule has 1 spiro atoms. The van der Waals surface area contributed by atoms with Gasteiger partial charge in [-0.15, -0.1) is 0 Å². The minimum atomic E-state index is -0.786. The molecule has 3 rings (SSSR count). The molecule has 1 heterocycles. The summed E-state index contributed by atoms with van der Waals surface area (Å²) in [6.07, 6.45) is 5.13. The summed E-state index contributed by atoms with van der Waals surface area (Å²) in [5, 5.41) is 2.84. The molecule has 6 heteroatoms. The van der Waals surface area contributed by atoms with Gasteiger partial charge in [-0.1, -0.05) is 25.5 Å². The molecular weight excluding hydrogens is 323 g/mol. The van der Waals surface area contributed by atoms with E-state index in [-0.39, 0.29) is 18.1 Å². The second kappa shape index (κ2) is 7.52. The van der Waals surface area contributed by atoms with Crippen LogP contribution in [0.2, 0.25) is 0 Å². The van der Waals surface area contributed by atoms with Crippen molar-refractivity contribution in [2.75, 3.05) is 13.2 Å². The highest BCUT2D eigenvalue weighted by Crippen LogP contribution is 2.41. The van der Waals surface area contributed by atoms with Gasteiger partial charge in [-0.3, -0.25) is 14.5 Å². The quantitative estimate of drug-likeness (QED) is 0.910. The summed E-state index contributed by atoms with van der Waals surface area (Å²) < 4.78 is 20.2. The third kappa shape index (κ3) is 3.40. The van der Waals surface area contributed by atoms with Gasteiger partial charge in [0.1, 0.15) is 17.6 Å². The summed E-state index contributed by atoms with van der Waals surface area (Å²) in [5.41, 5.74) is -0.794. The minimum Gasteiger partial charge on any atom is -0.354 e. The van der Waals surface area contributed by atoms with Crippen molar-refractivity contribution in [1.29, 1.82) is 0 Å². The summed E-state index contributed by atoms with van der Waals surface area (Å²) in [6, 6.07) is 5.20. The highest BCUT2D eigenvalue weighted by molar-refractivity contribution is 5.98. The van der Waals surface area contributed by atoms with Crippen LogP contribution >= 0.6 is 0 Å². The van der Waals surface area contributed by atoms with Crippen LogP contribution in [0.1, 0.15) is 55.8 Å². The van der Waals surface area contributed by atoms with Crippen LogP contribution in [0.3, 0.4) is 0 Å². The first kappa shape index (κ1) is 17.9. The number of hydrogen-bond acceptors (Lipinski definition) is 3. The van der Waals surface area contributed by atoms with Gasteiger partial charge < -0.3 is 10.1 Å². The fourth-order valence-electron chi connectivity index (χ4n) is 3.80. The largest absolute Gasteiger partial charge is 0.354 e. The maximum atomic E-state index is 14.2. The molecule has 0 bridgehead atoms. The monoisotopic (exact) mass is 348 g/mol. The lowest BCUT2D eigenvalue weighted by Gasteiger charge is -2.41. The van der Waals surface area contributed by atoms with Crippen LogP contribution in [-0.2, 0) is 9.53 Å². The SMILES string of the molecule is CCCNC(=O)C1COC2(CCCCC2)N1C(=O)c1ccccc1F. The number of amides is 2. The number of rotatable bonds is 4. The Labute approximate surface area is 147 Å². The molecule has 1 N–H and O–H groups in total. The molecule has 0 aromatic heterocycles. The van der Waals surface area contributed by atoms with Crippen molar-refractivity contribution in [2.45, 2.75) is 57.2 Å². The molecule has 2 aliphatic rings. The van der Waals surface area contributed by atoms with E-state index < -0.39 is 23.5 Å². The van der Waals surface area contributed by atoms with Crippen molar-refractivity contribution in [2.24, 2.45) is 0 Å². The highest BCUT2D eigenvalue weighted by Gasteiger charge is 2.53. The zero-order valence-corrected chi connectivity index (χ0v) is 14.6. The number of benzene rings is 1. The van der Waals surface area contributed by atoms with Gasteiger partial charge in [0.15, 0.2) is 0 Å². The van der Waals surface area contributed by atoms with Gasteiger partial charge >= 0.3 is 0 Å². The molecular formula is C19H25FN2O3. The Kier molecular flexibility index (Phi) is 5.37. The molecule has 1 saturated carbocycles.